The van der Waals surface area contributed by atoms with Gasteiger partial charge in [0.25, 0.3) is 5.91 Å². The molecule has 5 heterocycles. The maximum absolute atomic E-state index is 13.1. The second-order valence-corrected chi connectivity index (χ2v) is 7.71. The smallest absolute Gasteiger partial charge is 0.274 e. The topological polar surface area (TPSA) is 84.6 Å². The van der Waals surface area contributed by atoms with Crippen molar-refractivity contribution in [2.45, 2.75) is 26.3 Å². The predicted octanol–water partition coefficient (Wildman–Crippen LogP) is 3.00. The van der Waals surface area contributed by atoms with Crippen molar-refractivity contribution in [3.63, 3.8) is 0 Å². The van der Waals surface area contributed by atoms with Crippen LogP contribution in [0.2, 0.25) is 0 Å². The quantitative estimate of drug-likeness (QED) is 0.501. The molecule has 4 aromatic rings. The third-order valence-electron chi connectivity index (χ3n) is 5.59. The summed E-state index contributed by atoms with van der Waals surface area (Å²) in [5.41, 5.74) is 6.13. The van der Waals surface area contributed by atoms with Crippen LogP contribution in [-0.4, -0.2) is 53.9 Å². The normalized spacial score (nSPS) is 14.9. The molecule has 0 saturated carbocycles. The van der Waals surface area contributed by atoms with Gasteiger partial charge in [-0.3, -0.25) is 14.2 Å². The summed E-state index contributed by atoms with van der Waals surface area (Å²) >= 11 is 0. The number of H-pyrrole nitrogens is 1. The van der Waals surface area contributed by atoms with E-state index >= 15 is 0 Å². The maximum atomic E-state index is 13.1. The molecule has 0 saturated heterocycles. The molecular formula is C21H23N7O. The minimum absolute atomic E-state index is 0.0681. The van der Waals surface area contributed by atoms with Crippen LogP contribution in [0.5, 0.6) is 0 Å². The third-order valence-corrected chi connectivity index (χ3v) is 5.59. The van der Waals surface area contributed by atoms with Gasteiger partial charge in [0, 0.05) is 79.6 Å². The lowest BCUT2D eigenvalue weighted by Crippen LogP contribution is -2.28. The Bertz CT molecular complexity index is 1230. The molecule has 0 spiro atoms. The first-order valence-corrected chi connectivity index (χ1v) is 9.82. The molecule has 0 aliphatic carbocycles. The standard InChI is InChI=1S/C21H23N7O/c1-13-17-12-28(24-13)7-5-4-6-26(2)21(29)19-18(11-27(3)25-19)14-8-15-16(17)10-23-20(15)22-9-14/h8-12H,4-7H2,1-3H3,(H,22,23). The van der Waals surface area contributed by atoms with E-state index in [-0.39, 0.29) is 5.91 Å². The molecule has 0 atom stereocenters. The number of nitrogens with zero attached hydrogens (tertiary/aromatic N) is 6. The fraction of sp³-hybridized carbons (Fsp3) is 0.333. The summed E-state index contributed by atoms with van der Waals surface area (Å²) in [6.45, 7) is 3.54. The van der Waals surface area contributed by atoms with Crippen molar-refractivity contribution < 1.29 is 4.79 Å². The van der Waals surface area contributed by atoms with Crippen molar-refractivity contribution >= 4 is 16.9 Å². The average molecular weight is 389 g/mol. The molecule has 8 heteroatoms. The Balaban J connectivity index is 1.75. The number of fused-ring (bicyclic) bond motifs is 6. The van der Waals surface area contributed by atoms with E-state index < -0.39 is 0 Å². The third kappa shape index (κ3) is 2.91. The van der Waals surface area contributed by atoms with Crippen LogP contribution in [0.3, 0.4) is 0 Å². The number of pyridine rings is 1. The van der Waals surface area contributed by atoms with Gasteiger partial charge in [0.2, 0.25) is 0 Å². The highest BCUT2D eigenvalue weighted by atomic mass is 16.2. The van der Waals surface area contributed by atoms with Crippen molar-refractivity contribution in [1.82, 2.24) is 34.4 Å². The summed E-state index contributed by atoms with van der Waals surface area (Å²) in [6, 6.07) is 2.08. The van der Waals surface area contributed by atoms with Crippen LogP contribution >= 0.6 is 0 Å². The van der Waals surface area contributed by atoms with Crippen molar-refractivity contribution in [2.24, 2.45) is 7.05 Å². The van der Waals surface area contributed by atoms with Crippen LogP contribution in [0.1, 0.15) is 29.0 Å². The first-order valence-electron chi connectivity index (χ1n) is 9.82. The van der Waals surface area contributed by atoms with E-state index in [4.69, 9.17) is 0 Å². The molecule has 0 unspecified atom stereocenters. The number of aromatic amines is 1. The number of carbonyl (C=O) groups excluding carboxylic acids is 1. The van der Waals surface area contributed by atoms with Gasteiger partial charge in [0.05, 0.1) is 5.69 Å². The predicted molar refractivity (Wildman–Crippen MR) is 110 cm³/mol. The second kappa shape index (κ2) is 6.58. The van der Waals surface area contributed by atoms with E-state index in [0.29, 0.717) is 12.2 Å². The van der Waals surface area contributed by atoms with E-state index in [1.54, 1.807) is 15.8 Å². The molecule has 0 radical (unpaired) electrons. The van der Waals surface area contributed by atoms with Crippen molar-refractivity contribution in [3.05, 3.63) is 42.2 Å². The van der Waals surface area contributed by atoms with Crippen LogP contribution in [-0.2, 0) is 13.6 Å². The van der Waals surface area contributed by atoms with Gasteiger partial charge < -0.3 is 9.88 Å². The molecule has 5 rings (SSSR count). The number of rotatable bonds is 0. The number of amides is 1. The van der Waals surface area contributed by atoms with Crippen LogP contribution in [0, 0.1) is 6.92 Å². The second-order valence-electron chi connectivity index (χ2n) is 7.71. The molecule has 0 fully saturated rings. The lowest BCUT2D eigenvalue weighted by molar-refractivity contribution is 0.0786. The lowest BCUT2D eigenvalue weighted by Gasteiger charge is -2.16. The Labute approximate surface area is 168 Å². The van der Waals surface area contributed by atoms with Gasteiger partial charge in [-0.1, -0.05) is 0 Å². The molecule has 148 valence electrons. The molecule has 0 aromatic carbocycles. The molecule has 1 N–H and O–H groups in total. The van der Waals surface area contributed by atoms with Crippen molar-refractivity contribution in [3.8, 4) is 22.3 Å². The Morgan fingerprint density at radius 3 is 2.72 bits per heavy atom. The van der Waals surface area contributed by atoms with Gasteiger partial charge in [-0.2, -0.15) is 10.2 Å². The van der Waals surface area contributed by atoms with Gasteiger partial charge >= 0.3 is 0 Å². The van der Waals surface area contributed by atoms with Gasteiger partial charge in [-0.15, -0.1) is 0 Å². The van der Waals surface area contributed by atoms with Crippen LogP contribution < -0.4 is 0 Å². The lowest BCUT2D eigenvalue weighted by atomic mass is 10.0. The highest BCUT2D eigenvalue weighted by Crippen LogP contribution is 2.33. The minimum atomic E-state index is -0.0681. The van der Waals surface area contributed by atoms with Gasteiger partial charge in [0.1, 0.15) is 5.65 Å². The summed E-state index contributed by atoms with van der Waals surface area (Å²) in [6.07, 6.45) is 9.63. The number of aryl methyl sites for hydroxylation is 3. The Hall–Kier alpha value is -3.42. The van der Waals surface area contributed by atoms with E-state index in [0.717, 1.165) is 58.4 Å². The van der Waals surface area contributed by atoms with Crippen molar-refractivity contribution in [1.29, 1.82) is 0 Å². The number of hydrogen-bond donors (Lipinski definition) is 1. The first kappa shape index (κ1) is 17.7. The summed E-state index contributed by atoms with van der Waals surface area (Å²) in [4.78, 5) is 22.7. The summed E-state index contributed by atoms with van der Waals surface area (Å²) in [5, 5.41) is 10.2. The van der Waals surface area contributed by atoms with E-state index in [2.05, 4.69) is 32.4 Å². The van der Waals surface area contributed by atoms with Gasteiger partial charge in [-0.25, -0.2) is 4.98 Å². The van der Waals surface area contributed by atoms with Gasteiger partial charge in [-0.05, 0) is 25.8 Å². The zero-order valence-corrected chi connectivity index (χ0v) is 16.8. The maximum Gasteiger partial charge on any atom is 0.274 e. The summed E-state index contributed by atoms with van der Waals surface area (Å²) < 4.78 is 3.69. The molecule has 1 aliphatic heterocycles. The van der Waals surface area contributed by atoms with Crippen LogP contribution in [0.25, 0.3) is 33.3 Å². The zero-order valence-electron chi connectivity index (χ0n) is 16.8. The molecular weight excluding hydrogens is 366 g/mol. The monoisotopic (exact) mass is 389 g/mol. The molecule has 4 aromatic heterocycles. The number of hydrogen-bond acceptors (Lipinski definition) is 4. The van der Waals surface area contributed by atoms with Crippen LogP contribution in [0.4, 0.5) is 0 Å². The van der Waals surface area contributed by atoms with E-state index in [1.807, 2.05) is 38.1 Å². The number of carbonyl (C=O) groups is 1. The zero-order chi connectivity index (χ0) is 20.1. The van der Waals surface area contributed by atoms with E-state index in [9.17, 15) is 4.79 Å². The summed E-state index contributed by atoms with van der Waals surface area (Å²) in [5.74, 6) is -0.0681. The summed E-state index contributed by atoms with van der Waals surface area (Å²) in [7, 11) is 3.67. The number of nitrogens with one attached hydrogen (secondary N) is 1. The van der Waals surface area contributed by atoms with Crippen LogP contribution in [0.15, 0.2) is 30.9 Å². The highest BCUT2D eigenvalue weighted by molar-refractivity contribution is 6.01. The SMILES string of the molecule is Cc1nn2cc1-c1c[nH]c3ncc(cc13)-c1cn(C)nc1C(=O)N(C)CCCC2. The fourth-order valence-corrected chi connectivity index (χ4v) is 4.03. The largest absolute Gasteiger partial charge is 0.346 e. The molecule has 8 nitrogen and oxygen atoms in total. The number of aromatic nitrogens is 6. The fourth-order valence-electron chi connectivity index (χ4n) is 4.03. The first-order chi connectivity index (χ1) is 14.0. The highest BCUT2D eigenvalue weighted by Gasteiger charge is 2.22. The Morgan fingerprint density at radius 2 is 1.86 bits per heavy atom. The molecule has 1 amide bonds. The van der Waals surface area contributed by atoms with Gasteiger partial charge in [0.15, 0.2) is 5.69 Å². The average Bonchev–Trinajstić information content (AvgIpc) is 3.39. The van der Waals surface area contributed by atoms with E-state index in [1.165, 1.54) is 0 Å². The Morgan fingerprint density at radius 1 is 1.03 bits per heavy atom. The minimum Gasteiger partial charge on any atom is -0.346 e. The molecule has 1 aliphatic rings. The molecule has 29 heavy (non-hydrogen) atoms. The van der Waals surface area contributed by atoms with Crippen molar-refractivity contribution in [2.75, 3.05) is 13.6 Å². The Kier molecular flexibility index (Phi) is 4.01. The molecule has 4 bridgehead atoms.